The van der Waals surface area contributed by atoms with E-state index in [1.54, 1.807) is 0 Å². The van der Waals surface area contributed by atoms with Crippen LogP contribution in [0.25, 0.3) is 0 Å². The molecule has 0 radical (unpaired) electrons. The summed E-state index contributed by atoms with van der Waals surface area (Å²) in [7, 11) is 4.10. The van der Waals surface area contributed by atoms with Gasteiger partial charge in [-0.25, -0.2) is 4.68 Å². The molecule has 0 fully saturated rings. The summed E-state index contributed by atoms with van der Waals surface area (Å²) in [5, 5.41) is 8.56. The van der Waals surface area contributed by atoms with Crippen molar-refractivity contribution in [1.29, 1.82) is 0 Å². The standard InChI is InChI=1S/C30H40N4O/c1-8-30(9-2,23-15-17-24(18-16-23)33(6)7)20-26(35)27-21(3)32-34-28(27)31-25(19-29(34,4)5)22-13-11-10-12-14-22/h10-18,25,31H,8-9,19-20H2,1-7H3. The van der Waals surface area contributed by atoms with Crippen LogP contribution in [0, 0.1) is 6.92 Å². The smallest absolute Gasteiger partial charge is 0.169 e. The molecule has 1 aliphatic rings. The Morgan fingerprint density at radius 3 is 2.29 bits per heavy atom. The maximum atomic E-state index is 14.0. The predicted octanol–water partition coefficient (Wildman–Crippen LogP) is 6.88. The van der Waals surface area contributed by atoms with Gasteiger partial charge >= 0.3 is 0 Å². The van der Waals surface area contributed by atoms with Gasteiger partial charge in [-0.15, -0.1) is 0 Å². The van der Waals surface area contributed by atoms with E-state index >= 15 is 0 Å². The predicted molar refractivity (Wildman–Crippen MR) is 146 cm³/mol. The second kappa shape index (κ2) is 9.52. The third-order valence-electron chi connectivity index (χ3n) is 7.98. The van der Waals surface area contributed by atoms with E-state index in [4.69, 9.17) is 5.10 Å². The number of rotatable bonds is 8. The zero-order valence-corrected chi connectivity index (χ0v) is 22.4. The van der Waals surface area contributed by atoms with Gasteiger partial charge in [0.15, 0.2) is 5.78 Å². The molecule has 35 heavy (non-hydrogen) atoms. The normalized spacial score (nSPS) is 16.9. The molecule has 1 unspecified atom stereocenters. The molecule has 1 aromatic heterocycles. The Bertz CT molecular complexity index is 1170. The van der Waals surface area contributed by atoms with Gasteiger partial charge in [-0.1, -0.05) is 56.3 Å². The summed E-state index contributed by atoms with van der Waals surface area (Å²) in [6.45, 7) is 10.8. The zero-order chi connectivity index (χ0) is 25.4. The lowest BCUT2D eigenvalue weighted by Gasteiger charge is -2.38. The van der Waals surface area contributed by atoms with Crippen LogP contribution in [0.1, 0.15) is 86.6 Å². The van der Waals surface area contributed by atoms with Crippen LogP contribution >= 0.6 is 0 Å². The van der Waals surface area contributed by atoms with E-state index < -0.39 is 0 Å². The highest BCUT2D eigenvalue weighted by Gasteiger charge is 2.39. The lowest BCUT2D eigenvalue weighted by Crippen LogP contribution is -2.38. The number of ketones is 1. The average Bonchev–Trinajstić information content (AvgIpc) is 3.20. The van der Waals surface area contributed by atoms with Crippen molar-refractivity contribution in [3.63, 3.8) is 0 Å². The summed E-state index contributed by atoms with van der Waals surface area (Å²) in [5.41, 5.74) is 4.79. The van der Waals surface area contributed by atoms with Crippen LogP contribution in [0.5, 0.6) is 0 Å². The minimum Gasteiger partial charge on any atom is -0.378 e. The van der Waals surface area contributed by atoms with Crippen LogP contribution in [0.4, 0.5) is 11.5 Å². The van der Waals surface area contributed by atoms with Crippen LogP contribution in [-0.2, 0) is 11.0 Å². The Morgan fingerprint density at radius 2 is 1.71 bits per heavy atom. The van der Waals surface area contributed by atoms with Gasteiger partial charge in [0, 0.05) is 31.6 Å². The second-order valence-electron chi connectivity index (χ2n) is 10.9. The summed E-state index contributed by atoms with van der Waals surface area (Å²) in [4.78, 5) is 16.1. The van der Waals surface area contributed by atoms with E-state index in [1.165, 1.54) is 16.8 Å². The van der Waals surface area contributed by atoms with Gasteiger partial charge in [0.1, 0.15) is 5.82 Å². The lowest BCUT2D eigenvalue weighted by atomic mass is 9.71. The van der Waals surface area contributed by atoms with Gasteiger partial charge < -0.3 is 10.2 Å². The largest absolute Gasteiger partial charge is 0.378 e. The number of carbonyl (C=O) groups is 1. The number of aryl methyl sites for hydroxylation is 1. The van der Waals surface area contributed by atoms with Crippen LogP contribution in [-0.4, -0.2) is 29.7 Å². The summed E-state index contributed by atoms with van der Waals surface area (Å²) in [5.74, 6) is 1.03. The Balaban J connectivity index is 1.70. The quantitative estimate of drug-likeness (QED) is 0.363. The van der Waals surface area contributed by atoms with E-state index in [2.05, 4.69) is 101 Å². The number of hydrogen-bond donors (Lipinski definition) is 1. The third-order valence-corrected chi connectivity index (χ3v) is 7.98. The molecule has 0 spiro atoms. The van der Waals surface area contributed by atoms with Crippen LogP contribution in [0.3, 0.4) is 0 Å². The van der Waals surface area contributed by atoms with E-state index in [0.717, 1.165) is 36.3 Å². The Morgan fingerprint density at radius 1 is 1.09 bits per heavy atom. The Labute approximate surface area is 210 Å². The minimum atomic E-state index is -0.202. The van der Waals surface area contributed by atoms with Crippen molar-refractivity contribution < 1.29 is 4.79 Å². The van der Waals surface area contributed by atoms with Crippen molar-refractivity contribution >= 4 is 17.3 Å². The molecule has 5 heteroatoms. The molecule has 0 bridgehead atoms. The average molecular weight is 473 g/mol. The van der Waals surface area contributed by atoms with Gasteiger partial charge in [-0.3, -0.25) is 4.79 Å². The summed E-state index contributed by atoms with van der Waals surface area (Å²) in [6.07, 6.45) is 3.19. The highest BCUT2D eigenvalue weighted by Crippen LogP contribution is 2.43. The molecule has 3 aromatic rings. The zero-order valence-electron chi connectivity index (χ0n) is 22.4. The molecule has 0 aliphatic carbocycles. The number of nitrogens with one attached hydrogen (secondary N) is 1. The molecule has 4 rings (SSSR count). The Hall–Kier alpha value is -3.08. The SMILES string of the molecule is CCC(CC)(CC(=O)c1c(C)nn2c1NC(c1ccccc1)CC2(C)C)c1ccc(N(C)C)cc1. The molecule has 2 aromatic carbocycles. The number of nitrogens with zero attached hydrogens (tertiary/aromatic N) is 3. The second-order valence-corrected chi connectivity index (χ2v) is 10.9. The van der Waals surface area contributed by atoms with Gasteiger partial charge in [-0.05, 0) is 63.3 Å². The summed E-state index contributed by atoms with van der Waals surface area (Å²) >= 11 is 0. The fourth-order valence-corrected chi connectivity index (χ4v) is 5.64. The number of Topliss-reactive ketones (excluding diaryl/α,β-unsaturated/α-hetero) is 1. The van der Waals surface area contributed by atoms with Crippen molar-refractivity contribution in [3.8, 4) is 0 Å². The monoisotopic (exact) mass is 472 g/mol. The molecule has 0 amide bonds. The summed E-state index contributed by atoms with van der Waals surface area (Å²) < 4.78 is 2.04. The first kappa shape index (κ1) is 25.0. The molecule has 1 N–H and O–H groups in total. The Kier molecular flexibility index (Phi) is 6.81. The van der Waals surface area contributed by atoms with Crippen LogP contribution in [0.2, 0.25) is 0 Å². The van der Waals surface area contributed by atoms with Gasteiger partial charge in [0.05, 0.1) is 22.8 Å². The fourth-order valence-electron chi connectivity index (χ4n) is 5.64. The van der Waals surface area contributed by atoms with E-state index in [-0.39, 0.29) is 22.8 Å². The number of fused-ring (bicyclic) bond motifs is 1. The van der Waals surface area contributed by atoms with Crippen molar-refractivity contribution in [1.82, 2.24) is 9.78 Å². The topological polar surface area (TPSA) is 50.2 Å². The number of benzene rings is 2. The summed E-state index contributed by atoms with van der Waals surface area (Å²) in [6, 6.07) is 19.4. The third kappa shape index (κ3) is 4.61. The van der Waals surface area contributed by atoms with E-state index in [0.29, 0.717) is 6.42 Å². The van der Waals surface area contributed by atoms with Crippen LogP contribution in [0.15, 0.2) is 54.6 Å². The van der Waals surface area contributed by atoms with Gasteiger partial charge in [0.25, 0.3) is 0 Å². The maximum absolute atomic E-state index is 14.0. The highest BCUT2D eigenvalue weighted by molar-refractivity contribution is 6.02. The lowest BCUT2D eigenvalue weighted by molar-refractivity contribution is 0.0944. The molecule has 2 heterocycles. The van der Waals surface area contributed by atoms with Crippen molar-refractivity contribution in [2.24, 2.45) is 0 Å². The van der Waals surface area contributed by atoms with E-state index in [1.807, 2.05) is 17.7 Å². The van der Waals surface area contributed by atoms with Gasteiger partial charge in [-0.2, -0.15) is 5.10 Å². The van der Waals surface area contributed by atoms with Crippen molar-refractivity contribution in [2.45, 2.75) is 77.3 Å². The number of aromatic nitrogens is 2. The minimum absolute atomic E-state index is 0.141. The first-order valence-electron chi connectivity index (χ1n) is 12.8. The first-order chi connectivity index (χ1) is 16.6. The van der Waals surface area contributed by atoms with Crippen LogP contribution < -0.4 is 10.2 Å². The molecule has 0 saturated carbocycles. The molecule has 186 valence electrons. The first-order valence-corrected chi connectivity index (χ1v) is 12.8. The molecule has 1 aliphatic heterocycles. The maximum Gasteiger partial charge on any atom is 0.169 e. The molecular weight excluding hydrogens is 432 g/mol. The van der Waals surface area contributed by atoms with E-state index in [9.17, 15) is 4.79 Å². The van der Waals surface area contributed by atoms with Crippen molar-refractivity contribution in [2.75, 3.05) is 24.3 Å². The molecule has 1 atom stereocenters. The molecular formula is C30H40N4O. The number of hydrogen-bond acceptors (Lipinski definition) is 4. The fraction of sp³-hybridized carbons (Fsp3) is 0.467. The molecule has 0 saturated heterocycles. The van der Waals surface area contributed by atoms with Gasteiger partial charge in [0.2, 0.25) is 0 Å². The molecule has 5 nitrogen and oxygen atoms in total. The highest BCUT2D eigenvalue weighted by atomic mass is 16.1. The number of carbonyl (C=O) groups excluding carboxylic acids is 1. The number of anilines is 2. The van der Waals surface area contributed by atoms with Crippen molar-refractivity contribution in [3.05, 3.63) is 77.0 Å².